The predicted molar refractivity (Wildman–Crippen MR) is 59.8 cm³/mol. The molecule has 3 atom stereocenters. The molecule has 88 valence electrons. The van der Waals surface area contributed by atoms with E-state index in [4.69, 9.17) is 4.74 Å². The Labute approximate surface area is 92.2 Å². The Morgan fingerprint density at radius 2 is 2.00 bits per heavy atom. The van der Waals surface area contributed by atoms with Crippen molar-refractivity contribution in [3.8, 4) is 0 Å². The maximum atomic E-state index is 9.83. The van der Waals surface area contributed by atoms with Gasteiger partial charge in [0, 0.05) is 19.2 Å². The molecular weight excluding hydrogens is 190 g/mol. The summed E-state index contributed by atoms with van der Waals surface area (Å²) in [5.74, 6) is 0.473. The zero-order chi connectivity index (χ0) is 10.5. The first-order valence-electron chi connectivity index (χ1n) is 6.35. The minimum atomic E-state index is -0.0734. The van der Waals surface area contributed by atoms with Crippen LogP contribution >= 0.6 is 0 Å². The van der Waals surface area contributed by atoms with Gasteiger partial charge in [-0.2, -0.15) is 0 Å². The lowest BCUT2D eigenvalue weighted by Gasteiger charge is -2.30. The normalized spacial score (nSPS) is 37.8. The molecular formula is C12H23NO2. The molecule has 0 aromatic heterocycles. The van der Waals surface area contributed by atoms with Crippen LogP contribution in [-0.2, 0) is 4.74 Å². The Balaban J connectivity index is 1.67. The fourth-order valence-corrected chi connectivity index (χ4v) is 2.65. The van der Waals surface area contributed by atoms with Gasteiger partial charge in [-0.05, 0) is 31.6 Å². The summed E-state index contributed by atoms with van der Waals surface area (Å²) in [5, 5.41) is 13.4. The molecule has 0 radical (unpaired) electrons. The summed E-state index contributed by atoms with van der Waals surface area (Å²) < 4.78 is 5.42. The molecule has 0 aromatic rings. The fourth-order valence-electron chi connectivity index (χ4n) is 2.65. The molecule has 2 N–H and O–H groups in total. The van der Waals surface area contributed by atoms with E-state index in [0.717, 1.165) is 26.2 Å². The lowest BCUT2D eigenvalue weighted by Crippen LogP contribution is -2.42. The van der Waals surface area contributed by atoms with Crippen LogP contribution in [0.2, 0.25) is 0 Å². The molecule has 15 heavy (non-hydrogen) atoms. The standard InChI is InChI=1S/C12H23NO2/c14-12-6-2-1-4-10(12)8-13-11-5-3-7-15-9-11/h10-14H,1-9H2. The molecule has 1 saturated heterocycles. The lowest BCUT2D eigenvalue weighted by atomic mass is 9.86. The van der Waals surface area contributed by atoms with Crippen LogP contribution in [0.4, 0.5) is 0 Å². The van der Waals surface area contributed by atoms with Crippen LogP contribution in [0.15, 0.2) is 0 Å². The molecule has 2 rings (SSSR count). The van der Waals surface area contributed by atoms with E-state index in [1.807, 2.05) is 0 Å². The number of rotatable bonds is 3. The van der Waals surface area contributed by atoms with Crippen LogP contribution < -0.4 is 5.32 Å². The van der Waals surface area contributed by atoms with Gasteiger partial charge >= 0.3 is 0 Å². The van der Waals surface area contributed by atoms with Gasteiger partial charge in [0.1, 0.15) is 0 Å². The van der Waals surface area contributed by atoms with Gasteiger partial charge in [-0.15, -0.1) is 0 Å². The Morgan fingerprint density at radius 3 is 2.73 bits per heavy atom. The molecule has 3 unspecified atom stereocenters. The monoisotopic (exact) mass is 213 g/mol. The van der Waals surface area contributed by atoms with Gasteiger partial charge in [0.05, 0.1) is 12.7 Å². The molecule has 1 heterocycles. The van der Waals surface area contributed by atoms with Crippen molar-refractivity contribution >= 4 is 0 Å². The number of aliphatic hydroxyl groups excluding tert-OH is 1. The third-order valence-corrected chi connectivity index (χ3v) is 3.70. The first kappa shape index (κ1) is 11.4. The van der Waals surface area contributed by atoms with E-state index in [2.05, 4.69) is 5.32 Å². The number of nitrogens with one attached hydrogen (secondary N) is 1. The summed E-state index contributed by atoms with van der Waals surface area (Å²) in [4.78, 5) is 0. The highest BCUT2D eigenvalue weighted by molar-refractivity contribution is 4.79. The van der Waals surface area contributed by atoms with Crippen LogP contribution in [0.3, 0.4) is 0 Å². The van der Waals surface area contributed by atoms with E-state index in [-0.39, 0.29) is 6.10 Å². The maximum absolute atomic E-state index is 9.83. The van der Waals surface area contributed by atoms with Crippen molar-refractivity contribution in [1.82, 2.24) is 5.32 Å². The molecule has 3 heteroatoms. The Kier molecular flexibility index (Phi) is 4.42. The lowest BCUT2D eigenvalue weighted by molar-refractivity contribution is 0.0486. The summed E-state index contributed by atoms with van der Waals surface area (Å²) >= 11 is 0. The number of hydrogen-bond donors (Lipinski definition) is 2. The van der Waals surface area contributed by atoms with E-state index in [1.54, 1.807) is 0 Å². The Bertz CT molecular complexity index is 180. The van der Waals surface area contributed by atoms with Crippen molar-refractivity contribution in [3.63, 3.8) is 0 Å². The largest absolute Gasteiger partial charge is 0.393 e. The first-order valence-corrected chi connectivity index (χ1v) is 6.35. The Hall–Kier alpha value is -0.120. The third kappa shape index (κ3) is 3.44. The molecule has 0 amide bonds. The van der Waals surface area contributed by atoms with E-state index in [0.29, 0.717) is 12.0 Å². The quantitative estimate of drug-likeness (QED) is 0.742. The van der Waals surface area contributed by atoms with Gasteiger partial charge in [0.2, 0.25) is 0 Å². The second-order valence-corrected chi connectivity index (χ2v) is 4.93. The second kappa shape index (κ2) is 5.83. The zero-order valence-corrected chi connectivity index (χ0v) is 9.45. The molecule has 0 aromatic carbocycles. The second-order valence-electron chi connectivity index (χ2n) is 4.93. The van der Waals surface area contributed by atoms with Crippen LogP contribution in [0, 0.1) is 5.92 Å². The van der Waals surface area contributed by atoms with Crippen molar-refractivity contribution in [3.05, 3.63) is 0 Å². The van der Waals surface area contributed by atoms with Crippen molar-refractivity contribution in [2.24, 2.45) is 5.92 Å². The summed E-state index contributed by atoms with van der Waals surface area (Å²) in [6, 6.07) is 0.521. The molecule has 0 spiro atoms. The highest BCUT2D eigenvalue weighted by atomic mass is 16.5. The SMILES string of the molecule is OC1CCCCC1CNC1CCCOC1. The summed E-state index contributed by atoms with van der Waals surface area (Å²) in [6.45, 7) is 2.74. The zero-order valence-electron chi connectivity index (χ0n) is 9.45. The van der Waals surface area contributed by atoms with Gasteiger partial charge in [-0.1, -0.05) is 12.8 Å². The Morgan fingerprint density at radius 1 is 1.13 bits per heavy atom. The van der Waals surface area contributed by atoms with Crippen LogP contribution in [0.25, 0.3) is 0 Å². The van der Waals surface area contributed by atoms with E-state index < -0.39 is 0 Å². The molecule has 0 bridgehead atoms. The average Bonchev–Trinajstić information content (AvgIpc) is 2.29. The number of hydrogen-bond acceptors (Lipinski definition) is 3. The van der Waals surface area contributed by atoms with Gasteiger partial charge in [0.25, 0.3) is 0 Å². The summed E-state index contributed by atoms with van der Waals surface area (Å²) in [6.07, 6.45) is 6.98. The number of aliphatic hydroxyl groups is 1. The van der Waals surface area contributed by atoms with E-state index in [9.17, 15) is 5.11 Å². The summed E-state index contributed by atoms with van der Waals surface area (Å²) in [7, 11) is 0. The van der Waals surface area contributed by atoms with Crippen molar-refractivity contribution in [2.45, 2.75) is 50.7 Å². The smallest absolute Gasteiger partial charge is 0.0619 e. The van der Waals surface area contributed by atoms with Crippen LogP contribution in [0.1, 0.15) is 38.5 Å². The number of ether oxygens (including phenoxy) is 1. The topological polar surface area (TPSA) is 41.5 Å². The molecule has 1 aliphatic carbocycles. The minimum Gasteiger partial charge on any atom is -0.393 e. The van der Waals surface area contributed by atoms with Gasteiger partial charge in [-0.3, -0.25) is 0 Å². The van der Waals surface area contributed by atoms with Crippen LogP contribution in [-0.4, -0.2) is 37.0 Å². The minimum absolute atomic E-state index is 0.0734. The fraction of sp³-hybridized carbons (Fsp3) is 1.00. The molecule has 1 aliphatic heterocycles. The molecule has 2 fully saturated rings. The van der Waals surface area contributed by atoms with Crippen molar-refractivity contribution < 1.29 is 9.84 Å². The van der Waals surface area contributed by atoms with E-state index in [1.165, 1.54) is 32.1 Å². The van der Waals surface area contributed by atoms with Crippen molar-refractivity contribution in [1.29, 1.82) is 0 Å². The molecule has 2 aliphatic rings. The highest BCUT2D eigenvalue weighted by Crippen LogP contribution is 2.23. The van der Waals surface area contributed by atoms with Crippen LogP contribution in [0.5, 0.6) is 0 Å². The third-order valence-electron chi connectivity index (χ3n) is 3.70. The highest BCUT2D eigenvalue weighted by Gasteiger charge is 2.24. The molecule has 3 nitrogen and oxygen atoms in total. The van der Waals surface area contributed by atoms with Gasteiger partial charge < -0.3 is 15.2 Å². The predicted octanol–water partition coefficient (Wildman–Crippen LogP) is 1.31. The van der Waals surface area contributed by atoms with E-state index >= 15 is 0 Å². The summed E-state index contributed by atoms with van der Waals surface area (Å²) in [5.41, 5.74) is 0. The molecule has 1 saturated carbocycles. The van der Waals surface area contributed by atoms with Crippen molar-refractivity contribution in [2.75, 3.05) is 19.8 Å². The first-order chi connectivity index (χ1) is 7.36. The average molecular weight is 213 g/mol. The van der Waals surface area contributed by atoms with Gasteiger partial charge in [-0.25, -0.2) is 0 Å². The van der Waals surface area contributed by atoms with Gasteiger partial charge in [0.15, 0.2) is 0 Å². The maximum Gasteiger partial charge on any atom is 0.0619 e.